The number of rotatable bonds is 4. The summed E-state index contributed by atoms with van der Waals surface area (Å²) >= 11 is 0. The first-order valence-electron chi connectivity index (χ1n) is 6.47. The molecular formula is C13H29N3. The van der Waals surface area contributed by atoms with Gasteiger partial charge in [0, 0.05) is 31.7 Å². The molecule has 0 saturated carbocycles. The van der Waals surface area contributed by atoms with Crippen LogP contribution in [0.3, 0.4) is 0 Å². The van der Waals surface area contributed by atoms with E-state index >= 15 is 0 Å². The smallest absolute Gasteiger partial charge is 0.0277 e. The number of nitrogens with two attached hydrogens (primary N) is 1. The van der Waals surface area contributed by atoms with Crippen molar-refractivity contribution in [2.75, 3.05) is 39.8 Å². The number of likely N-dealkylation sites (N-methyl/N-ethyl adjacent to an activating group) is 1. The van der Waals surface area contributed by atoms with Crippen molar-refractivity contribution in [2.45, 2.75) is 39.7 Å². The third kappa shape index (κ3) is 3.19. The maximum absolute atomic E-state index is 5.89. The second-order valence-electron chi connectivity index (χ2n) is 6.31. The van der Waals surface area contributed by atoms with Gasteiger partial charge in [-0.2, -0.15) is 0 Å². The molecule has 3 heteroatoms. The highest BCUT2D eigenvalue weighted by Crippen LogP contribution is 2.25. The van der Waals surface area contributed by atoms with Gasteiger partial charge in [0.2, 0.25) is 0 Å². The van der Waals surface area contributed by atoms with E-state index in [4.69, 9.17) is 5.73 Å². The van der Waals surface area contributed by atoms with E-state index in [9.17, 15) is 0 Å². The monoisotopic (exact) mass is 227 g/mol. The first-order valence-corrected chi connectivity index (χ1v) is 6.47. The fourth-order valence-electron chi connectivity index (χ4n) is 2.34. The summed E-state index contributed by atoms with van der Waals surface area (Å²) < 4.78 is 0. The first kappa shape index (κ1) is 13.9. The zero-order chi connectivity index (χ0) is 12.4. The van der Waals surface area contributed by atoms with Gasteiger partial charge < -0.3 is 5.73 Å². The van der Waals surface area contributed by atoms with Crippen molar-refractivity contribution in [3.05, 3.63) is 0 Å². The SMILES string of the molecule is CCC(C)(CN)CN1CCN(C)C(C)(C)C1. The van der Waals surface area contributed by atoms with Crippen molar-refractivity contribution in [2.24, 2.45) is 11.1 Å². The Kier molecular flexibility index (Phi) is 4.38. The quantitative estimate of drug-likeness (QED) is 0.788. The van der Waals surface area contributed by atoms with Crippen molar-refractivity contribution >= 4 is 0 Å². The molecule has 0 aromatic carbocycles. The molecule has 2 N–H and O–H groups in total. The first-order chi connectivity index (χ1) is 7.33. The van der Waals surface area contributed by atoms with Crippen LogP contribution >= 0.6 is 0 Å². The molecule has 1 saturated heterocycles. The van der Waals surface area contributed by atoms with Gasteiger partial charge in [-0.1, -0.05) is 13.8 Å². The fourth-order valence-corrected chi connectivity index (χ4v) is 2.34. The van der Waals surface area contributed by atoms with E-state index in [-0.39, 0.29) is 5.41 Å². The molecule has 0 spiro atoms. The van der Waals surface area contributed by atoms with E-state index in [0.717, 1.165) is 32.6 Å². The van der Waals surface area contributed by atoms with Crippen molar-refractivity contribution in [3.8, 4) is 0 Å². The van der Waals surface area contributed by atoms with E-state index in [0.29, 0.717) is 5.54 Å². The van der Waals surface area contributed by atoms with E-state index in [1.165, 1.54) is 6.54 Å². The van der Waals surface area contributed by atoms with Gasteiger partial charge in [0.15, 0.2) is 0 Å². The predicted molar refractivity (Wildman–Crippen MR) is 70.6 cm³/mol. The lowest BCUT2D eigenvalue weighted by molar-refractivity contribution is 0.0194. The van der Waals surface area contributed by atoms with Gasteiger partial charge in [0.1, 0.15) is 0 Å². The molecule has 1 atom stereocenters. The lowest BCUT2D eigenvalue weighted by atomic mass is 9.86. The number of hydrogen-bond acceptors (Lipinski definition) is 3. The van der Waals surface area contributed by atoms with Gasteiger partial charge in [-0.25, -0.2) is 0 Å². The van der Waals surface area contributed by atoms with Crippen molar-refractivity contribution in [3.63, 3.8) is 0 Å². The van der Waals surface area contributed by atoms with Crippen LogP contribution in [0.5, 0.6) is 0 Å². The molecule has 1 aliphatic rings. The lowest BCUT2D eigenvalue weighted by Gasteiger charge is -2.47. The number of hydrogen-bond donors (Lipinski definition) is 1. The molecule has 3 nitrogen and oxygen atoms in total. The molecule has 1 aliphatic heterocycles. The molecule has 0 amide bonds. The lowest BCUT2D eigenvalue weighted by Crippen LogP contribution is -2.59. The van der Waals surface area contributed by atoms with Crippen LogP contribution in [0.25, 0.3) is 0 Å². The molecule has 1 fully saturated rings. The second kappa shape index (κ2) is 5.03. The van der Waals surface area contributed by atoms with Crippen LogP contribution < -0.4 is 5.73 Å². The largest absolute Gasteiger partial charge is 0.330 e. The van der Waals surface area contributed by atoms with Crippen LogP contribution in [0.15, 0.2) is 0 Å². The predicted octanol–water partition coefficient (Wildman–Crippen LogP) is 1.39. The molecular weight excluding hydrogens is 198 g/mol. The Labute approximate surface area is 101 Å². The molecule has 1 heterocycles. The highest BCUT2D eigenvalue weighted by atomic mass is 15.3. The van der Waals surface area contributed by atoms with E-state index in [1.807, 2.05) is 0 Å². The van der Waals surface area contributed by atoms with Crippen molar-refractivity contribution < 1.29 is 0 Å². The molecule has 0 aromatic heterocycles. The summed E-state index contributed by atoms with van der Waals surface area (Å²) in [6.45, 7) is 14.6. The molecule has 0 bridgehead atoms. The Balaban J connectivity index is 2.57. The standard InChI is InChI=1S/C13H29N3/c1-6-13(4,9-14)11-16-8-7-15(5)12(2,3)10-16/h6-11,14H2,1-5H3. The summed E-state index contributed by atoms with van der Waals surface area (Å²) in [6.07, 6.45) is 1.16. The number of nitrogens with zero attached hydrogens (tertiary/aromatic N) is 2. The molecule has 0 aliphatic carbocycles. The van der Waals surface area contributed by atoms with Crippen molar-refractivity contribution in [1.29, 1.82) is 0 Å². The molecule has 1 rings (SSSR count). The Morgan fingerprint density at radius 3 is 2.38 bits per heavy atom. The van der Waals surface area contributed by atoms with Crippen LogP contribution in [0.4, 0.5) is 0 Å². The van der Waals surface area contributed by atoms with Crippen LogP contribution in [0.1, 0.15) is 34.1 Å². The Hall–Kier alpha value is -0.120. The average molecular weight is 227 g/mol. The van der Waals surface area contributed by atoms with Gasteiger partial charge in [-0.05, 0) is 39.3 Å². The Morgan fingerprint density at radius 1 is 1.31 bits per heavy atom. The molecule has 1 unspecified atom stereocenters. The Morgan fingerprint density at radius 2 is 1.94 bits per heavy atom. The van der Waals surface area contributed by atoms with Crippen LogP contribution in [0, 0.1) is 5.41 Å². The topological polar surface area (TPSA) is 32.5 Å². The van der Waals surface area contributed by atoms with E-state index in [1.54, 1.807) is 0 Å². The van der Waals surface area contributed by atoms with Gasteiger partial charge in [-0.3, -0.25) is 9.80 Å². The number of piperazine rings is 1. The molecule has 0 radical (unpaired) electrons. The van der Waals surface area contributed by atoms with Gasteiger partial charge in [0.05, 0.1) is 0 Å². The summed E-state index contributed by atoms with van der Waals surface area (Å²) in [5.74, 6) is 0. The maximum atomic E-state index is 5.89. The highest BCUT2D eigenvalue weighted by Gasteiger charge is 2.33. The van der Waals surface area contributed by atoms with E-state index < -0.39 is 0 Å². The molecule has 96 valence electrons. The minimum atomic E-state index is 0.284. The summed E-state index contributed by atoms with van der Waals surface area (Å²) in [6, 6.07) is 0. The van der Waals surface area contributed by atoms with Gasteiger partial charge in [0.25, 0.3) is 0 Å². The third-order valence-corrected chi connectivity index (χ3v) is 4.35. The van der Waals surface area contributed by atoms with Crippen LogP contribution in [-0.2, 0) is 0 Å². The summed E-state index contributed by atoms with van der Waals surface area (Å²) in [5.41, 5.74) is 6.47. The molecule has 16 heavy (non-hydrogen) atoms. The summed E-state index contributed by atoms with van der Waals surface area (Å²) in [5, 5.41) is 0. The van der Waals surface area contributed by atoms with Gasteiger partial charge >= 0.3 is 0 Å². The van der Waals surface area contributed by atoms with Crippen LogP contribution in [-0.4, -0.2) is 55.1 Å². The maximum Gasteiger partial charge on any atom is 0.0277 e. The van der Waals surface area contributed by atoms with Crippen molar-refractivity contribution in [1.82, 2.24) is 9.80 Å². The zero-order valence-corrected chi connectivity index (χ0v) is 11.7. The zero-order valence-electron chi connectivity index (χ0n) is 11.7. The minimum absolute atomic E-state index is 0.284. The Bertz CT molecular complexity index is 221. The van der Waals surface area contributed by atoms with E-state index in [2.05, 4.69) is 44.5 Å². The molecule has 0 aromatic rings. The fraction of sp³-hybridized carbons (Fsp3) is 1.00. The normalized spacial score (nSPS) is 26.6. The summed E-state index contributed by atoms with van der Waals surface area (Å²) in [7, 11) is 2.22. The third-order valence-electron chi connectivity index (χ3n) is 4.35. The highest BCUT2D eigenvalue weighted by molar-refractivity contribution is 4.90. The average Bonchev–Trinajstić information content (AvgIpc) is 2.23. The van der Waals surface area contributed by atoms with Crippen LogP contribution in [0.2, 0.25) is 0 Å². The second-order valence-corrected chi connectivity index (χ2v) is 6.31. The minimum Gasteiger partial charge on any atom is -0.330 e. The summed E-state index contributed by atoms with van der Waals surface area (Å²) in [4.78, 5) is 5.03. The van der Waals surface area contributed by atoms with Gasteiger partial charge in [-0.15, -0.1) is 0 Å².